The predicted octanol–water partition coefficient (Wildman–Crippen LogP) is 7.78. The second kappa shape index (κ2) is 10.7. The zero-order valence-electron chi connectivity index (χ0n) is 21.9. The van der Waals surface area contributed by atoms with Crippen LogP contribution in [0.5, 0.6) is 5.88 Å². The maximum absolute atomic E-state index is 14.0. The van der Waals surface area contributed by atoms with E-state index in [9.17, 15) is 32.3 Å². The number of thiophene rings is 1. The monoisotopic (exact) mass is 590 g/mol. The van der Waals surface area contributed by atoms with Gasteiger partial charge in [-0.3, -0.25) is 9.59 Å². The number of hydrogen-bond acceptors (Lipinski definition) is 5. The van der Waals surface area contributed by atoms with Crippen LogP contribution < -0.4 is 5.56 Å². The summed E-state index contributed by atoms with van der Waals surface area (Å²) in [6.45, 7) is 0. The van der Waals surface area contributed by atoms with Crippen LogP contribution in [0.2, 0.25) is 0 Å². The minimum Gasteiger partial charge on any atom is -0.494 e. The summed E-state index contributed by atoms with van der Waals surface area (Å²) in [5, 5.41) is 12.2. The molecular formula is C32H22F4N2O3S. The molecule has 1 aliphatic rings. The van der Waals surface area contributed by atoms with Crippen molar-refractivity contribution in [3.05, 3.63) is 122 Å². The number of rotatable bonds is 5. The summed E-state index contributed by atoms with van der Waals surface area (Å²) in [5.41, 5.74) is -0.321. The third-order valence-electron chi connectivity index (χ3n) is 7.31. The second-order valence-corrected chi connectivity index (χ2v) is 11.0. The Labute approximate surface area is 241 Å². The quantitative estimate of drug-likeness (QED) is 0.129. The maximum atomic E-state index is 14.0. The smallest absolute Gasteiger partial charge is 0.416 e. The molecule has 1 N–H and O–H groups in total. The summed E-state index contributed by atoms with van der Waals surface area (Å²) in [6.07, 6.45) is -0.0403. The molecule has 1 aliphatic carbocycles. The first-order valence-electron chi connectivity index (χ1n) is 13.2. The van der Waals surface area contributed by atoms with E-state index in [1.54, 1.807) is 18.2 Å². The van der Waals surface area contributed by atoms with Gasteiger partial charge in [-0.05, 0) is 67.6 Å². The first-order chi connectivity index (χ1) is 20.1. The van der Waals surface area contributed by atoms with Crippen LogP contribution in [0.1, 0.15) is 50.3 Å². The van der Waals surface area contributed by atoms with Crippen LogP contribution in [0.3, 0.4) is 0 Å². The number of halogens is 4. The highest BCUT2D eigenvalue weighted by atomic mass is 32.1. The van der Waals surface area contributed by atoms with Gasteiger partial charge in [-0.15, -0.1) is 11.3 Å². The van der Waals surface area contributed by atoms with Crippen LogP contribution in [-0.2, 0) is 19.0 Å². The molecule has 212 valence electrons. The van der Waals surface area contributed by atoms with Crippen molar-refractivity contribution in [2.75, 3.05) is 0 Å². The first kappa shape index (κ1) is 27.6. The topological polar surface area (TPSA) is 71.7 Å². The standard InChI is InChI=1S/C32H22F4N2O3S/c33-20-9-5-7-18(15-20)28(39)27-24-13-3-4-14-26(24)42-29(27)37-17-25-22-11-1-2-12-23(22)30(40)38(31(25)41)21-10-6-8-19(16-21)32(34,35)36/h1-2,5-12,15-17,41H,3-4,13-14H2. The fraction of sp³-hybridized carbons (Fsp3) is 0.156. The van der Waals surface area contributed by atoms with Crippen LogP contribution in [0, 0.1) is 5.82 Å². The summed E-state index contributed by atoms with van der Waals surface area (Å²) >= 11 is 1.34. The zero-order chi connectivity index (χ0) is 29.6. The number of carbonyl (C=O) groups excluding carboxylic acids is 1. The zero-order valence-corrected chi connectivity index (χ0v) is 22.7. The average molecular weight is 591 g/mol. The minimum atomic E-state index is -4.65. The number of nitrogens with zero attached hydrogens (tertiary/aromatic N) is 2. The fourth-order valence-corrected chi connectivity index (χ4v) is 6.55. The molecule has 0 amide bonds. The van der Waals surface area contributed by atoms with Gasteiger partial charge in [-0.25, -0.2) is 13.9 Å². The van der Waals surface area contributed by atoms with Gasteiger partial charge < -0.3 is 5.11 Å². The number of ketones is 1. The third kappa shape index (κ3) is 4.92. The molecule has 0 spiro atoms. The van der Waals surface area contributed by atoms with Crippen molar-refractivity contribution >= 4 is 39.1 Å². The Kier molecular flexibility index (Phi) is 7.02. The summed E-state index contributed by atoms with van der Waals surface area (Å²) in [4.78, 5) is 32.6. The number of aliphatic imine (C=N–C) groups is 1. The predicted molar refractivity (Wildman–Crippen MR) is 154 cm³/mol. The van der Waals surface area contributed by atoms with E-state index in [0.717, 1.165) is 52.5 Å². The normalized spacial score (nSPS) is 13.5. The highest BCUT2D eigenvalue weighted by Gasteiger charge is 2.31. The van der Waals surface area contributed by atoms with Gasteiger partial charge in [0, 0.05) is 27.4 Å². The Bertz CT molecular complexity index is 1960. The fourth-order valence-electron chi connectivity index (χ4n) is 5.32. The van der Waals surface area contributed by atoms with Gasteiger partial charge in [0.2, 0.25) is 5.88 Å². The summed E-state index contributed by atoms with van der Waals surface area (Å²) in [6, 6.07) is 16.0. The molecule has 0 radical (unpaired) electrons. The van der Waals surface area contributed by atoms with Gasteiger partial charge >= 0.3 is 6.18 Å². The molecule has 5 nitrogen and oxygen atoms in total. The number of aryl methyl sites for hydroxylation is 1. The lowest BCUT2D eigenvalue weighted by Crippen LogP contribution is -2.20. The molecule has 6 rings (SSSR count). The number of fused-ring (bicyclic) bond motifs is 2. The molecule has 5 aromatic rings. The van der Waals surface area contributed by atoms with Gasteiger partial charge in [0.05, 0.1) is 22.4 Å². The molecule has 2 heterocycles. The van der Waals surface area contributed by atoms with Gasteiger partial charge in [-0.2, -0.15) is 13.2 Å². The van der Waals surface area contributed by atoms with E-state index in [1.807, 2.05) is 0 Å². The van der Waals surface area contributed by atoms with E-state index < -0.39 is 29.0 Å². The highest BCUT2D eigenvalue weighted by molar-refractivity contribution is 7.16. The van der Waals surface area contributed by atoms with E-state index in [2.05, 4.69) is 4.99 Å². The molecular weight excluding hydrogens is 568 g/mol. The van der Waals surface area contributed by atoms with Crippen LogP contribution in [0.25, 0.3) is 16.5 Å². The van der Waals surface area contributed by atoms with Crippen LogP contribution in [0.15, 0.2) is 82.6 Å². The van der Waals surface area contributed by atoms with E-state index in [0.29, 0.717) is 22.4 Å². The first-order valence-corrected chi connectivity index (χ1v) is 14.0. The van der Waals surface area contributed by atoms with Crippen molar-refractivity contribution in [1.29, 1.82) is 0 Å². The molecule has 0 saturated carbocycles. The van der Waals surface area contributed by atoms with Crippen LogP contribution >= 0.6 is 11.3 Å². The molecule has 0 saturated heterocycles. The Morgan fingerprint density at radius 1 is 0.952 bits per heavy atom. The molecule has 0 fully saturated rings. The van der Waals surface area contributed by atoms with E-state index in [-0.39, 0.29) is 28.0 Å². The van der Waals surface area contributed by atoms with E-state index in [4.69, 9.17) is 0 Å². The van der Waals surface area contributed by atoms with Crippen LogP contribution in [-0.4, -0.2) is 21.7 Å². The lowest BCUT2D eigenvalue weighted by molar-refractivity contribution is -0.137. The van der Waals surface area contributed by atoms with Crippen molar-refractivity contribution in [2.45, 2.75) is 31.9 Å². The Morgan fingerprint density at radius 2 is 1.69 bits per heavy atom. The number of aromatic nitrogens is 1. The lowest BCUT2D eigenvalue weighted by Gasteiger charge is -2.15. The van der Waals surface area contributed by atoms with Gasteiger partial charge in [0.1, 0.15) is 10.8 Å². The SMILES string of the molecule is O=C(c1cccc(F)c1)c1c(N=Cc2c(O)n(-c3cccc(C(F)(F)F)c3)c(=O)c3ccccc23)sc2c1CCCC2. The van der Waals surface area contributed by atoms with E-state index in [1.165, 1.54) is 53.9 Å². The highest BCUT2D eigenvalue weighted by Crippen LogP contribution is 2.41. The number of hydrogen-bond donors (Lipinski definition) is 1. The summed E-state index contributed by atoms with van der Waals surface area (Å²) in [7, 11) is 0. The number of carbonyl (C=O) groups is 1. The van der Waals surface area contributed by atoms with Crippen molar-refractivity contribution in [1.82, 2.24) is 4.57 Å². The average Bonchev–Trinajstić information content (AvgIpc) is 3.35. The Morgan fingerprint density at radius 3 is 2.45 bits per heavy atom. The molecule has 0 unspecified atom stereocenters. The van der Waals surface area contributed by atoms with Crippen molar-refractivity contribution in [2.24, 2.45) is 4.99 Å². The molecule has 10 heteroatoms. The molecule has 0 bridgehead atoms. The summed E-state index contributed by atoms with van der Waals surface area (Å²) < 4.78 is 55.1. The maximum Gasteiger partial charge on any atom is 0.416 e. The largest absolute Gasteiger partial charge is 0.494 e. The second-order valence-electron chi connectivity index (χ2n) is 9.96. The van der Waals surface area contributed by atoms with Crippen molar-refractivity contribution < 1.29 is 27.5 Å². The lowest BCUT2D eigenvalue weighted by atomic mass is 9.92. The molecule has 0 atom stereocenters. The van der Waals surface area contributed by atoms with Crippen molar-refractivity contribution in [3.8, 4) is 11.6 Å². The van der Waals surface area contributed by atoms with Gasteiger partial charge in [-0.1, -0.05) is 36.4 Å². The molecule has 42 heavy (non-hydrogen) atoms. The summed E-state index contributed by atoms with van der Waals surface area (Å²) in [5.74, 6) is -1.51. The Balaban J connectivity index is 1.53. The number of aromatic hydroxyl groups is 1. The molecule has 2 aromatic heterocycles. The molecule has 3 aromatic carbocycles. The van der Waals surface area contributed by atoms with Crippen LogP contribution in [0.4, 0.5) is 22.6 Å². The number of alkyl halides is 3. The third-order valence-corrected chi connectivity index (χ3v) is 8.51. The van der Waals surface area contributed by atoms with Gasteiger partial charge in [0.25, 0.3) is 5.56 Å². The molecule has 0 aliphatic heterocycles. The number of benzene rings is 3. The minimum absolute atomic E-state index is 0.0955. The van der Waals surface area contributed by atoms with E-state index >= 15 is 0 Å². The number of pyridine rings is 1. The Hall–Kier alpha value is -4.57. The van der Waals surface area contributed by atoms with Gasteiger partial charge in [0.15, 0.2) is 5.78 Å². The van der Waals surface area contributed by atoms with Crippen molar-refractivity contribution in [3.63, 3.8) is 0 Å².